The first-order valence-corrected chi connectivity index (χ1v) is 7.48. The van der Waals surface area contributed by atoms with E-state index in [0.29, 0.717) is 5.56 Å². The standard InChI is InChI=1S/C13H13BrN2O2S/c1-16-10(4-6-15-16)5-7-19-12-8-9(14)2-3-11(12)13(17)18/h2-4,6,8H,5,7H2,1H3,(H,17,18). The highest BCUT2D eigenvalue weighted by Crippen LogP contribution is 2.27. The van der Waals surface area contributed by atoms with E-state index in [1.165, 1.54) is 0 Å². The average Bonchev–Trinajstić information content (AvgIpc) is 2.75. The Morgan fingerprint density at radius 3 is 2.89 bits per heavy atom. The van der Waals surface area contributed by atoms with Crippen LogP contribution < -0.4 is 0 Å². The summed E-state index contributed by atoms with van der Waals surface area (Å²) in [6, 6.07) is 7.18. The number of hydrogen-bond donors (Lipinski definition) is 1. The predicted octanol–water partition coefficient (Wildman–Crippen LogP) is 3.22. The molecule has 0 saturated heterocycles. The number of benzene rings is 1. The maximum atomic E-state index is 11.1. The Hall–Kier alpha value is -1.27. The van der Waals surface area contributed by atoms with E-state index in [1.807, 2.05) is 23.9 Å². The number of nitrogens with zero attached hydrogens (tertiary/aromatic N) is 2. The zero-order chi connectivity index (χ0) is 13.8. The summed E-state index contributed by atoms with van der Waals surface area (Å²) in [7, 11) is 1.90. The summed E-state index contributed by atoms with van der Waals surface area (Å²) in [6.45, 7) is 0. The highest BCUT2D eigenvalue weighted by Gasteiger charge is 2.11. The smallest absolute Gasteiger partial charge is 0.336 e. The van der Waals surface area contributed by atoms with E-state index < -0.39 is 5.97 Å². The lowest BCUT2D eigenvalue weighted by Crippen LogP contribution is -2.01. The van der Waals surface area contributed by atoms with Crippen LogP contribution in [0.15, 0.2) is 39.8 Å². The van der Waals surface area contributed by atoms with Crippen LogP contribution in [0.1, 0.15) is 16.1 Å². The Morgan fingerprint density at radius 1 is 1.47 bits per heavy atom. The van der Waals surface area contributed by atoms with Crippen molar-refractivity contribution in [1.29, 1.82) is 0 Å². The zero-order valence-electron chi connectivity index (χ0n) is 10.3. The van der Waals surface area contributed by atoms with Gasteiger partial charge >= 0.3 is 5.97 Å². The zero-order valence-corrected chi connectivity index (χ0v) is 12.7. The van der Waals surface area contributed by atoms with Crippen molar-refractivity contribution in [2.24, 2.45) is 7.05 Å². The molecule has 1 aromatic carbocycles. The van der Waals surface area contributed by atoms with Gasteiger partial charge in [-0.3, -0.25) is 4.68 Å². The quantitative estimate of drug-likeness (QED) is 0.849. The van der Waals surface area contributed by atoms with Crippen LogP contribution >= 0.6 is 27.7 Å². The minimum absolute atomic E-state index is 0.346. The van der Waals surface area contributed by atoms with Gasteiger partial charge in [-0.05, 0) is 30.7 Å². The van der Waals surface area contributed by atoms with Gasteiger partial charge in [-0.25, -0.2) is 4.79 Å². The molecule has 2 rings (SSSR count). The van der Waals surface area contributed by atoms with Crippen LogP contribution in [0.2, 0.25) is 0 Å². The number of carboxylic acid groups (broad SMARTS) is 1. The number of aromatic nitrogens is 2. The lowest BCUT2D eigenvalue weighted by Gasteiger charge is -2.07. The molecule has 1 aromatic heterocycles. The molecule has 100 valence electrons. The lowest BCUT2D eigenvalue weighted by atomic mass is 10.2. The van der Waals surface area contributed by atoms with Gasteiger partial charge in [-0.1, -0.05) is 15.9 Å². The third-order valence-electron chi connectivity index (χ3n) is 2.71. The molecule has 1 N–H and O–H groups in total. The second-order valence-corrected chi connectivity index (χ2v) is 6.04. The predicted molar refractivity (Wildman–Crippen MR) is 78.7 cm³/mol. The second-order valence-electron chi connectivity index (χ2n) is 3.99. The number of hydrogen-bond acceptors (Lipinski definition) is 3. The van der Waals surface area contributed by atoms with Crippen LogP contribution in [0.4, 0.5) is 0 Å². The van der Waals surface area contributed by atoms with E-state index >= 15 is 0 Å². The Kier molecular flexibility index (Phi) is 4.66. The van der Waals surface area contributed by atoms with Gasteiger partial charge in [-0.15, -0.1) is 11.8 Å². The average molecular weight is 341 g/mol. The molecule has 2 aromatic rings. The van der Waals surface area contributed by atoms with E-state index in [4.69, 9.17) is 5.11 Å². The highest BCUT2D eigenvalue weighted by atomic mass is 79.9. The summed E-state index contributed by atoms with van der Waals surface area (Å²) in [4.78, 5) is 11.9. The molecule has 0 aliphatic carbocycles. The van der Waals surface area contributed by atoms with Crippen LogP contribution in [0, 0.1) is 0 Å². The molecule has 0 fully saturated rings. The van der Waals surface area contributed by atoms with Gasteiger partial charge in [0.1, 0.15) is 0 Å². The monoisotopic (exact) mass is 340 g/mol. The first-order valence-electron chi connectivity index (χ1n) is 5.70. The number of aryl methyl sites for hydroxylation is 2. The summed E-state index contributed by atoms with van der Waals surface area (Å²) >= 11 is 4.91. The van der Waals surface area contributed by atoms with E-state index in [-0.39, 0.29) is 0 Å². The largest absolute Gasteiger partial charge is 0.478 e. The van der Waals surface area contributed by atoms with Gasteiger partial charge in [-0.2, -0.15) is 5.10 Å². The fourth-order valence-corrected chi connectivity index (χ4v) is 3.27. The van der Waals surface area contributed by atoms with Crippen molar-refractivity contribution in [2.45, 2.75) is 11.3 Å². The van der Waals surface area contributed by atoms with Crippen molar-refractivity contribution in [3.05, 3.63) is 46.2 Å². The van der Waals surface area contributed by atoms with Gasteiger partial charge in [0.2, 0.25) is 0 Å². The molecule has 19 heavy (non-hydrogen) atoms. The Morgan fingerprint density at radius 2 is 2.26 bits per heavy atom. The topological polar surface area (TPSA) is 55.1 Å². The summed E-state index contributed by atoms with van der Waals surface area (Å²) in [6.07, 6.45) is 2.62. The van der Waals surface area contributed by atoms with Crippen LogP contribution in [0.25, 0.3) is 0 Å². The molecule has 6 heteroatoms. The van der Waals surface area contributed by atoms with Gasteiger partial charge in [0.15, 0.2) is 0 Å². The minimum Gasteiger partial charge on any atom is -0.478 e. The number of carboxylic acids is 1. The molecule has 0 aliphatic rings. The third kappa shape index (κ3) is 3.61. The van der Waals surface area contributed by atoms with Crippen molar-refractivity contribution < 1.29 is 9.90 Å². The van der Waals surface area contributed by atoms with Gasteiger partial charge in [0.25, 0.3) is 0 Å². The van der Waals surface area contributed by atoms with E-state index in [9.17, 15) is 4.79 Å². The summed E-state index contributed by atoms with van der Waals surface area (Å²) < 4.78 is 2.72. The van der Waals surface area contributed by atoms with E-state index in [1.54, 1.807) is 30.1 Å². The van der Waals surface area contributed by atoms with Crippen molar-refractivity contribution in [3.63, 3.8) is 0 Å². The second kappa shape index (κ2) is 6.25. The van der Waals surface area contributed by atoms with E-state index in [2.05, 4.69) is 21.0 Å². The van der Waals surface area contributed by atoms with Gasteiger partial charge in [0, 0.05) is 34.1 Å². The van der Waals surface area contributed by atoms with Crippen LogP contribution in [-0.4, -0.2) is 26.6 Å². The molecule has 0 bridgehead atoms. The maximum Gasteiger partial charge on any atom is 0.336 e. The first-order chi connectivity index (χ1) is 9.08. The SMILES string of the molecule is Cn1nccc1CCSc1cc(Br)ccc1C(=O)O. The molecule has 0 radical (unpaired) electrons. The molecule has 0 atom stereocenters. The fraction of sp³-hybridized carbons (Fsp3) is 0.231. The summed E-state index contributed by atoms with van der Waals surface area (Å²) in [5, 5.41) is 13.2. The number of rotatable bonds is 5. The van der Waals surface area contributed by atoms with Crippen molar-refractivity contribution in [2.75, 3.05) is 5.75 Å². The van der Waals surface area contributed by atoms with Crippen molar-refractivity contribution in [1.82, 2.24) is 9.78 Å². The molecular formula is C13H13BrN2O2S. The maximum absolute atomic E-state index is 11.1. The lowest BCUT2D eigenvalue weighted by molar-refractivity contribution is 0.0693. The Balaban J connectivity index is 2.05. The van der Waals surface area contributed by atoms with Crippen LogP contribution in [-0.2, 0) is 13.5 Å². The molecule has 0 spiro atoms. The highest BCUT2D eigenvalue weighted by molar-refractivity contribution is 9.10. The number of carbonyl (C=O) groups is 1. The molecule has 0 unspecified atom stereocenters. The van der Waals surface area contributed by atoms with E-state index in [0.717, 1.165) is 27.2 Å². The number of halogens is 1. The fourth-order valence-electron chi connectivity index (χ4n) is 1.70. The minimum atomic E-state index is -0.893. The molecule has 1 heterocycles. The van der Waals surface area contributed by atoms with Crippen LogP contribution in [0.5, 0.6) is 0 Å². The Labute approximate surface area is 124 Å². The van der Waals surface area contributed by atoms with Crippen molar-refractivity contribution >= 4 is 33.7 Å². The molecule has 4 nitrogen and oxygen atoms in total. The third-order valence-corrected chi connectivity index (χ3v) is 4.26. The summed E-state index contributed by atoms with van der Waals surface area (Å²) in [5.74, 6) is -0.0773. The van der Waals surface area contributed by atoms with Gasteiger partial charge in [0.05, 0.1) is 5.56 Å². The molecule has 0 amide bonds. The van der Waals surface area contributed by atoms with Gasteiger partial charge < -0.3 is 5.11 Å². The number of thioether (sulfide) groups is 1. The normalized spacial score (nSPS) is 10.6. The molecule has 0 saturated carbocycles. The number of aromatic carboxylic acids is 1. The Bertz CT molecular complexity index is 598. The first kappa shape index (κ1) is 14.1. The van der Waals surface area contributed by atoms with Crippen molar-refractivity contribution in [3.8, 4) is 0 Å². The van der Waals surface area contributed by atoms with Crippen LogP contribution in [0.3, 0.4) is 0 Å². The molecular weight excluding hydrogens is 328 g/mol. The molecule has 0 aliphatic heterocycles. The summed E-state index contributed by atoms with van der Waals surface area (Å²) in [5.41, 5.74) is 1.48.